The predicted octanol–water partition coefficient (Wildman–Crippen LogP) is 3.79. The Balaban J connectivity index is 1.72. The molecule has 0 saturated carbocycles. The van der Waals surface area contributed by atoms with E-state index in [2.05, 4.69) is 20.8 Å². The molecule has 0 aliphatic rings. The number of carbonyl (C=O) groups is 1. The molecule has 0 aliphatic heterocycles. The maximum absolute atomic E-state index is 12.4. The number of thioether (sulfide) groups is 1. The van der Waals surface area contributed by atoms with E-state index in [1.54, 1.807) is 37.3 Å². The lowest BCUT2D eigenvalue weighted by atomic mass is 10.3. The van der Waals surface area contributed by atoms with Gasteiger partial charge in [0.05, 0.1) is 21.6 Å². The van der Waals surface area contributed by atoms with Crippen molar-refractivity contribution in [1.29, 1.82) is 0 Å². The van der Waals surface area contributed by atoms with Gasteiger partial charge in [-0.25, -0.2) is 0 Å². The van der Waals surface area contributed by atoms with E-state index in [4.69, 9.17) is 23.2 Å². The number of hydrogen-bond acceptors (Lipinski definition) is 6. The zero-order valence-electron chi connectivity index (χ0n) is 13.4. The fourth-order valence-corrected chi connectivity index (χ4v) is 3.31. The van der Waals surface area contributed by atoms with E-state index >= 15 is 0 Å². The summed E-state index contributed by atoms with van der Waals surface area (Å²) < 4.78 is 1.49. The van der Waals surface area contributed by atoms with Crippen molar-refractivity contribution in [2.24, 2.45) is 0 Å². The van der Waals surface area contributed by atoms with Gasteiger partial charge in [-0.3, -0.25) is 4.79 Å². The number of halogens is 2. The standard InChI is InChI=1S/C16H13Cl2N5O2S/c1-9(15(25)19-14-7-2-10(17)8-13(14)18)26-16-20-21-22-23(16)11-3-5-12(24)6-4-11/h2-9,24H,1H3,(H,19,25). The Bertz CT molecular complexity index is 933. The number of hydrogen-bond donors (Lipinski definition) is 2. The summed E-state index contributed by atoms with van der Waals surface area (Å²) in [5.41, 5.74) is 1.15. The second-order valence-electron chi connectivity index (χ2n) is 5.26. The molecule has 0 spiro atoms. The van der Waals surface area contributed by atoms with E-state index in [0.29, 0.717) is 26.6 Å². The van der Waals surface area contributed by atoms with Crippen LogP contribution in [0.5, 0.6) is 5.75 Å². The number of rotatable bonds is 5. The Morgan fingerprint density at radius 1 is 1.23 bits per heavy atom. The van der Waals surface area contributed by atoms with Crippen LogP contribution >= 0.6 is 35.0 Å². The first-order valence-electron chi connectivity index (χ1n) is 7.44. The number of anilines is 1. The predicted molar refractivity (Wildman–Crippen MR) is 101 cm³/mol. The molecule has 26 heavy (non-hydrogen) atoms. The summed E-state index contributed by atoms with van der Waals surface area (Å²) in [4.78, 5) is 12.4. The highest BCUT2D eigenvalue weighted by Gasteiger charge is 2.20. The van der Waals surface area contributed by atoms with E-state index in [1.807, 2.05) is 0 Å². The van der Waals surface area contributed by atoms with Crippen LogP contribution < -0.4 is 5.32 Å². The summed E-state index contributed by atoms with van der Waals surface area (Å²) in [6, 6.07) is 11.3. The number of amides is 1. The molecule has 2 aromatic carbocycles. The normalized spacial score (nSPS) is 12.0. The molecule has 1 heterocycles. The number of phenols is 1. The third-order valence-corrected chi connectivity index (χ3v) is 4.96. The summed E-state index contributed by atoms with van der Waals surface area (Å²) in [6.45, 7) is 1.74. The van der Waals surface area contributed by atoms with Crippen molar-refractivity contribution in [2.45, 2.75) is 17.3 Å². The molecule has 134 valence electrons. The van der Waals surface area contributed by atoms with Gasteiger partial charge in [-0.1, -0.05) is 35.0 Å². The molecule has 0 aliphatic carbocycles. The van der Waals surface area contributed by atoms with E-state index in [1.165, 1.54) is 28.6 Å². The minimum atomic E-state index is -0.483. The first-order chi connectivity index (χ1) is 12.4. The smallest absolute Gasteiger partial charge is 0.237 e. The Kier molecular flexibility index (Phi) is 5.65. The fraction of sp³-hybridized carbons (Fsp3) is 0.125. The van der Waals surface area contributed by atoms with Gasteiger partial charge >= 0.3 is 0 Å². The van der Waals surface area contributed by atoms with Crippen LogP contribution in [0.4, 0.5) is 5.69 Å². The fourth-order valence-electron chi connectivity index (χ4n) is 2.05. The van der Waals surface area contributed by atoms with Crippen molar-refractivity contribution in [3.63, 3.8) is 0 Å². The van der Waals surface area contributed by atoms with E-state index in [-0.39, 0.29) is 11.7 Å². The number of tetrazole rings is 1. The minimum absolute atomic E-state index is 0.142. The highest BCUT2D eigenvalue weighted by Crippen LogP contribution is 2.28. The summed E-state index contributed by atoms with van der Waals surface area (Å²) in [5.74, 6) is -0.108. The molecule has 1 unspecified atom stereocenters. The molecule has 10 heteroatoms. The number of aromatic hydroxyl groups is 1. The van der Waals surface area contributed by atoms with Gasteiger partial charge in [-0.15, -0.1) is 5.10 Å². The Morgan fingerprint density at radius 2 is 1.96 bits per heavy atom. The Labute approximate surface area is 163 Å². The molecule has 0 fully saturated rings. The lowest BCUT2D eigenvalue weighted by molar-refractivity contribution is -0.115. The van der Waals surface area contributed by atoms with Gasteiger partial charge in [0.25, 0.3) is 0 Å². The topological polar surface area (TPSA) is 92.9 Å². The first kappa shape index (κ1) is 18.5. The summed E-state index contributed by atoms with van der Waals surface area (Å²) in [5, 5.41) is 24.5. The monoisotopic (exact) mass is 409 g/mol. The quantitative estimate of drug-likeness (QED) is 0.622. The van der Waals surface area contributed by atoms with Crippen LogP contribution in [0.25, 0.3) is 5.69 Å². The SMILES string of the molecule is CC(Sc1nnnn1-c1ccc(O)cc1)C(=O)Nc1ccc(Cl)cc1Cl. The number of nitrogens with one attached hydrogen (secondary N) is 1. The van der Waals surface area contributed by atoms with Crippen LogP contribution in [0.15, 0.2) is 47.6 Å². The number of benzene rings is 2. The third kappa shape index (κ3) is 4.27. The van der Waals surface area contributed by atoms with Crippen molar-refractivity contribution >= 4 is 46.6 Å². The van der Waals surface area contributed by atoms with Gasteiger partial charge in [-0.2, -0.15) is 4.68 Å². The van der Waals surface area contributed by atoms with Gasteiger partial charge in [0.1, 0.15) is 5.75 Å². The Morgan fingerprint density at radius 3 is 2.65 bits per heavy atom. The lowest BCUT2D eigenvalue weighted by Gasteiger charge is -2.12. The molecule has 0 radical (unpaired) electrons. The number of aromatic nitrogens is 4. The second kappa shape index (κ2) is 7.94. The number of nitrogens with zero attached hydrogens (tertiary/aromatic N) is 4. The average molecular weight is 410 g/mol. The second-order valence-corrected chi connectivity index (χ2v) is 7.41. The molecule has 1 amide bonds. The van der Waals surface area contributed by atoms with Crippen molar-refractivity contribution in [2.75, 3.05) is 5.32 Å². The molecule has 0 bridgehead atoms. The van der Waals surface area contributed by atoms with Crippen LogP contribution in [-0.4, -0.2) is 36.5 Å². The molecule has 1 atom stereocenters. The minimum Gasteiger partial charge on any atom is -0.508 e. The highest BCUT2D eigenvalue weighted by atomic mass is 35.5. The van der Waals surface area contributed by atoms with E-state index < -0.39 is 5.25 Å². The van der Waals surface area contributed by atoms with Gasteiger partial charge in [0.15, 0.2) is 0 Å². The van der Waals surface area contributed by atoms with Crippen LogP contribution in [0.3, 0.4) is 0 Å². The highest BCUT2D eigenvalue weighted by molar-refractivity contribution is 8.00. The number of phenolic OH excluding ortho intramolecular Hbond substituents is 1. The molecule has 1 aromatic heterocycles. The van der Waals surface area contributed by atoms with Gasteiger partial charge in [0.2, 0.25) is 11.1 Å². The summed E-state index contributed by atoms with van der Waals surface area (Å²) in [6.07, 6.45) is 0. The molecule has 2 N–H and O–H groups in total. The van der Waals surface area contributed by atoms with E-state index in [9.17, 15) is 9.90 Å². The van der Waals surface area contributed by atoms with Crippen molar-refractivity contribution in [1.82, 2.24) is 20.2 Å². The van der Waals surface area contributed by atoms with Crippen LogP contribution in [0.1, 0.15) is 6.92 Å². The zero-order valence-corrected chi connectivity index (χ0v) is 15.8. The van der Waals surface area contributed by atoms with Crippen molar-refractivity contribution < 1.29 is 9.90 Å². The zero-order chi connectivity index (χ0) is 18.7. The summed E-state index contributed by atoms with van der Waals surface area (Å²) in [7, 11) is 0. The van der Waals surface area contributed by atoms with Crippen LogP contribution in [0, 0.1) is 0 Å². The maximum Gasteiger partial charge on any atom is 0.237 e. The molecular formula is C16H13Cl2N5O2S. The van der Waals surface area contributed by atoms with E-state index in [0.717, 1.165) is 0 Å². The molecule has 3 aromatic rings. The van der Waals surface area contributed by atoms with Crippen molar-refractivity contribution in [3.05, 3.63) is 52.5 Å². The molecule has 0 saturated heterocycles. The average Bonchev–Trinajstić information content (AvgIpc) is 3.06. The maximum atomic E-state index is 12.4. The lowest BCUT2D eigenvalue weighted by Crippen LogP contribution is -2.23. The third-order valence-electron chi connectivity index (χ3n) is 3.38. The van der Waals surface area contributed by atoms with Gasteiger partial charge in [-0.05, 0) is 59.8 Å². The van der Waals surface area contributed by atoms with Crippen molar-refractivity contribution in [3.8, 4) is 11.4 Å². The van der Waals surface area contributed by atoms with Crippen LogP contribution in [-0.2, 0) is 4.79 Å². The molecule has 7 nitrogen and oxygen atoms in total. The largest absolute Gasteiger partial charge is 0.508 e. The summed E-state index contributed by atoms with van der Waals surface area (Å²) >= 11 is 13.1. The van der Waals surface area contributed by atoms with Crippen LogP contribution in [0.2, 0.25) is 10.0 Å². The Hall–Kier alpha value is -2.29. The molecule has 3 rings (SSSR count). The number of carbonyl (C=O) groups excluding carboxylic acids is 1. The van der Waals surface area contributed by atoms with Gasteiger partial charge in [0, 0.05) is 5.02 Å². The first-order valence-corrected chi connectivity index (χ1v) is 9.08. The molecular weight excluding hydrogens is 397 g/mol. The van der Waals surface area contributed by atoms with Gasteiger partial charge < -0.3 is 10.4 Å².